The summed E-state index contributed by atoms with van der Waals surface area (Å²) < 4.78 is 46.0. The van der Waals surface area contributed by atoms with Crippen molar-refractivity contribution in [2.75, 3.05) is 11.9 Å². The van der Waals surface area contributed by atoms with Crippen LogP contribution in [0.4, 0.5) is 18.9 Å². The largest absolute Gasteiger partial charge is 0.481 e. The fourth-order valence-electron chi connectivity index (χ4n) is 3.65. The lowest BCUT2D eigenvalue weighted by atomic mass is 10.1. The molecule has 0 bridgehead atoms. The molecule has 0 aliphatic carbocycles. The van der Waals surface area contributed by atoms with Gasteiger partial charge in [0.25, 0.3) is 11.8 Å². The molecule has 2 amide bonds. The topological polar surface area (TPSA) is 58.6 Å². The summed E-state index contributed by atoms with van der Waals surface area (Å²) in [6.45, 7) is 2.30. The summed E-state index contributed by atoms with van der Waals surface area (Å²) in [5.74, 6) is -2.46. The van der Waals surface area contributed by atoms with E-state index in [0.29, 0.717) is 36.0 Å². The maximum absolute atomic E-state index is 13.9. The average molecular weight is 454 g/mol. The molecule has 1 atom stereocenters. The lowest BCUT2D eigenvalue weighted by molar-refractivity contribution is -0.137. The Morgan fingerprint density at radius 1 is 1.03 bits per heavy atom. The zero-order valence-electron chi connectivity index (χ0n) is 17.8. The van der Waals surface area contributed by atoms with Gasteiger partial charge in [-0.1, -0.05) is 12.1 Å². The minimum absolute atomic E-state index is 0.188. The molecule has 0 radical (unpaired) electrons. The monoisotopic (exact) mass is 454 g/mol. The summed E-state index contributed by atoms with van der Waals surface area (Å²) in [7, 11) is 0. The average Bonchev–Trinajstić information content (AvgIpc) is 2.89. The number of benzene rings is 3. The molecule has 5 nitrogen and oxygen atoms in total. The lowest BCUT2D eigenvalue weighted by Gasteiger charge is -2.22. The number of carbonyl (C=O) groups excluding carboxylic acids is 2. The van der Waals surface area contributed by atoms with Crippen LogP contribution in [0.3, 0.4) is 0 Å². The number of fused-ring (bicyclic) bond motifs is 1. The Morgan fingerprint density at radius 2 is 1.76 bits per heavy atom. The Labute approximate surface area is 188 Å². The first-order valence-corrected chi connectivity index (χ1v) is 10.4. The van der Waals surface area contributed by atoms with Gasteiger partial charge in [-0.2, -0.15) is 0 Å². The van der Waals surface area contributed by atoms with Crippen molar-refractivity contribution in [3.05, 3.63) is 94.8 Å². The van der Waals surface area contributed by atoms with E-state index in [2.05, 4.69) is 5.32 Å². The third kappa shape index (κ3) is 5.16. The molecule has 4 rings (SSSR count). The van der Waals surface area contributed by atoms with E-state index in [9.17, 15) is 22.8 Å². The Hall–Kier alpha value is -3.81. The van der Waals surface area contributed by atoms with Crippen LogP contribution in [0.1, 0.15) is 28.4 Å². The van der Waals surface area contributed by atoms with Crippen molar-refractivity contribution in [3.63, 3.8) is 0 Å². The number of carbonyl (C=O) groups is 2. The third-order valence-corrected chi connectivity index (χ3v) is 5.40. The van der Waals surface area contributed by atoms with E-state index in [1.807, 2.05) is 0 Å². The molecular weight excluding hydrogens is 433 g/mol. The minimum Gasteiger partial charge on any atom is -0.481 e. The number of hydrogen-bond acceptors (Lipinski definition) is 3. The standard InChI is InChI=1S/C25H21F3N2O3/c1-15-25(32)30(11-10-16-2-4-18(26)5-3-16)14-17-12-20(7-9-23(17)33-15)29-24(31)21-8-6-19(27)13-22(21)28/h2-9,12-13,15H,10-11,14H2,1H3,(H,29,31)/t15-/m1/s1. The summed E-state index contributed by atoms with van der Waals surface area (Å²) in [5.41, 5.74) is 1.66. The number of amides is 2. The van der Waals surface area contributed by atoms with E-state index >= 15 is 0 Å². The van der Waals surface area contributed by atoms with Crippen LogP contribution in [0.15, 0.2) is 60.7 Å². The molecule has 33 heavy (non-hydrogen) atoms. The maximum atomic E-state index is 13.9. The molecule has 0 saturated carbocycles. The van der Waals surface area contributed by atoms with Crippen molar-refractivity contribution in [1.29, 1.82) is 0 Å². The highest BCUT2D eigenvalue weighted by molar-refractivity contribution is 6.04. The Morgan fingerprint density at radius 3 is 2.48 bits per heavy atom. The molecule has 0 fully saturated rings. The number of hydrogen-bond donors (Lipinski definition) is 1. The Balaban J connectivity index is 1.51. The quantitative estimate of drug-likeness (QED) is 0.608. The Bertz CT molecular complexity index is 1200. The van der Waals surface area contributed by atoms with Gasteiger partial charge in [0.1, 0.15) is 23.2 Å². The Kier molecular flexibility index (Phi) is 6.35. The van der Waals surface area contributed by atoms with Crippen molar-refractivity contribution in [3.8, 4) is 5.75 Å². The van der Waals surface area contributed by atoms with Crippen LogP contribution in [-0.4, -0.2) is 29.4 Å². The van der Waals surface area contributed by atoms with Gasteiger partial charge >= 0.3 is 0 Å². The summed E-state index contributed by atoms with van der Waals surface area (Å²) in [4.78, 5) is 26.9. The van der Waals surface area contributed by atoms with Crippen LogP contribution in [0.5, 0.6) is 5.75 Å². The zero-order valence-corrected chi connectivity index (χ0v) is 17.8. The van der Waals surface area contributed by atoms with E-state index < -0.39 is 23.6 Å². The fraction of sp³-hybridized carbons (Fsp3) is 0.200. The molecule has 0 saturated heterocycles. The second-order valence-electron chi connectivity index (χ2n) is 7.80. The molecule has 8 heteroatoms. The predicted molar refractivity (Wildman–Crippen MR) is 116 cm³/mol. The molecule has 0 unspecified atom stereocenters. The molecule has 1 aliphatic heterocycles. The summed E-state index contributed by atoms with van der Waals surface area (Å²) in [5, 5.41) is 2.59. The predicted octanol–water partition coefficient (Wildman–Crippen LogP) is 4.71. The first-order chi connectivity index (χ1) is 15.8. The number of ether oxygens (including phenoxy) is 1. The first kappa shape index (κ1) is 22.4. The summed E-state index contributed by atoms with van der Waals surface area (Å²) in [6, 6.07) is 13.7. The summed E-state index contributed by atoms with van der Waals surface area (Å²) >= 11 is 0. The molecule has 1 N–H and O–H groups in total. The van der Waals surface area contributed by atoms with Gasteiger partial charge in [0, 0.05) is 30.4 Å². The number of nitrogens with one attached hydrogen (secondary N) is 1. The van der Waals surface area contributed by atoms with Crippen LogP contribution < -0.4 is 10.1 Å². The number of rotatable bonds is 5. The van der Waals surface area contributed by atoms with Crippen LogP contribution >= 0.6 is 0 Å². The molecule has 3 aromatic rings. The van der Waals surface area contributed by atoms with Crippen LogP contribution in [0, 0.1) is 17.5 Å². The van der Waals surface area contributed by atoms with Gasteiger partial charge < -0.3 is 15.0 Å². The number of nitrogens with zero attached hydrogens (tertiary/aromatic N) is 1. The third-order valence-electron chi connectivity index (χ3n) is 5.40. The highest BCUT2D eigenvalue weighted by Crippen LogP contribution is 2.29. The van der Waals surface area contributed by atoms with Crippen LogP contribution in [0.2, 0.25) is 0 Å². The van der Waals surface area contributed by atoms with Gasteiger partial charge in [0.05, 0.1) is 5.56 Å². The van der Waals surface area contributed by atoms with E-state index in [-0.39, 0.29) is 23.8 Å². The van der Waals surface area contributed by atoms with Gasteiger partial charge in [-0.15, -0.1) is 0 Å². The second kappa shape index (κ2) is 9.36. The lowest BCUT2D eigenvalue weighted by Crippen LogP contribution is -2.39. The normalized spacial score (nSPS) is 15.5. The zero-order chi connectivity index (χ0) is 23.5. The van der Waals surface area contributed by atoms with Gasteiger partial charge in [-0.25, -0.2) is 13.2 Å². The smallest absolute Gasteiger partial charge is 0.263 e. The SMILES string of the molecule is C[C@H]1Oc2ccc(NC(=O)c3ccc(F)cc3F)cc2CN(CCc2ccc(F)cc2)C1=O. The summed E-state index contributed by atoms with van der Waals surface area (Å²) in [6.07, 6.45) is -0.165. The fourth-order valence-corrected chi connectivity index (χ4v) is 3.65. The van der Waals surface area contributed by atoms with Crippen LogP contribution in [0.25, 0.3) is 0 Å². The van der Waals surface area contributed by atoms with Crippen molar-refractivity contribution < 1.29 is 27.5 Å². The molecule has 3 aromatic carbocycles. The molecule has 0 spiro atoms. The van der Waals surface area contributed by atoms with Crippen molar-refractivity contribution >= 4 is 17.5 Å². The van der Waals surface area contributed by atoms with Crippen molar-refractivity contribution in [2.24, 2.45) is 0 Å². The van der Waals surface area contributed by atoms with E-state index in [4.69, 9.17) is 4.74 Å². The highest BCUT2D eigenvalue weighted by atomic mass is 19.1. The van der Waals surface area contributed by atoms with Crippen molar-refractivity contribution in [1.82, 2.24) is 4.90 Å². The van der Waals surface area contributed by atoms with Gasteiger partial charge in [-0.3, -0.25) is 9.59 Å². The van der Waals surface area contributed by atoms with E-state index in [1.165, 1.54) is 12.1 Å². The second-order valence-corrected chi connectivity index (χ2v) is 7.80. The van der Waals surface area contributed by atoms with Gasteiger partial charge in [0.2, 0.25) is 0 Å². The molecular formula is C25H21F3N2O3. The molecule has 1 heterocycles. The van der Waals surface area contributed by atoms with Gasteiger partial charge in [0.15, 0.2) is 6.10 Å². The number of anilines is 1. The molecule has 0 aromatic heterocycles. The van der Waals surface area contributed by atoms with Crippen molar-refractivity contribution in [2.45, 2.75) is 26.0 Å². The first-order valence-electron chi connectivity index (χ1n) is 10.4. The number of halogens is 3. The maximum Gasteiger partial charge on any atom is 0.263 e. The molecule has 1 aliphatic rings. The van der Waals surface area contributed by atoms with Gasteiger partial charge in [-0.05, 0) is 61.4 Å². The molecule has 170 valence electrons. The highest BCUT2D eigenvalue weighted by Gasteiger charge is 2.28. The van der Waals surface area contributed by atoms with Crippen LogP contribution in [-0.2, 0) is 17.8 Å². The van der Waals surface area contributed by atoms with E-state index in [0.717, 1.165) is 17.7 Å². The van der Waals surface area contributed by atoms with E-state index in [1.54, 1.807) is 42.2 Å². The minimum atomic E-state index is -0.961.